The van der Waals surface area contributed by atoms with Gasteiger partial charge in [0.15, 0.2) is 0 Å². The number of aryl methyl sites for hydroxylation is 1. The van der Waals surface area contributed by atoms with E-state index in [-0.39, 0.29) is 5.91 Å². The van der Waals surface area contributed by atoms with E-state index in [0.29, 0.717) is 22.9 Å². The van der Waals surface area contributed by atoms with E-state index in [4.69, 9.17) is 10.5 Å². The minimum absolute atomic E-state index is 0.229. The average Bonchev–Trinajstić information content (AvgIpc) is 2.73. The van der Waals surface area contributed by atoms with E-state index < -0.39 is 0 Å². The zero-order chi connectivity index (χ0) is 20.4. The van der Waals surface area contributed by atoms with Gasteiger partial charge in [-0.15, -0.1) is 0 Å². The number of carbonyl (C=O) groups excluding carboxylic acids is 1. The summed E-state index contributed by atoms with van der Waals surface area (Å²) in [6, 6.07) is 23.0. The molecule has 3 aromatic carbocycles. The lowest BCUT2D eigenvalue weighted by Crippen LogP contribution is -2.13. The quantitative estimate of drug-likeness (QED) is 0.517. The van der Waals surface area contributed by atoms with Gasteiger partial charge in [-0.3, -0.25) is 4.79 Å². The lowest BCUT2D eigenvalue weighted by atomic mass is 10.0. The first-order chi connectivity index (χ1) is 14.0. The van der Waals surface area contributed by atoms with Crippen LogP contribution in [-0.2, 0) is 0 Å². The number of carbonyl (C=O) groups is 1. The molecule has 0 aliphatic heterocycles. The van der Waals surface area contributed by atoms with Gasteiger partial charge in [-0.25, -0.2) is 4.98 Å². The van der Waals surface area contributed by atoms with Gasteiger partial charge in [-0.2, -0.15) is 0 Å². The molecule has 29 heavy (non-hydrogen) atoms. The Hall–Kier alpha value is -3.86. The molecule has 0 saturated heterocycles. The minimum Gasteiger partial charge on any atom is -0.496 e. The highest BCUT2D eigenvalue weighted by molar-refractivity contribution is 6.04. The Balaban J connectivity index is 1.66. The number of fused-ring (bicyclic) bond motifs is 1. The van der Waals surface area contributed by atoms with Crippen molar-refractivity contribution in [3.05, 3.63) is 83.9 Å². The first-order valence-corrected chi connectivity index (χ1v) is 9.27. The predicted molar refractivity (Wildman–Crippen MR) is 117 cm³/mol. The van der Waals surface area contributed by atoms with Crippen LogP contribution in [-0.4, -0.2) is 18.0 Å². The van der Waals surface area contributed by atoms with Crippen LogP contribution in [0.2, 0.25) is 0 Å². The van der Waals surface area contributed by atoms with Gasteiger partial charge in [-0.1, -0.05) is 42.0 Å². The molecule has 0 spiro atoms. The average molecular weight is 383 g/mol. The van der Waals surface area contributed by atoms with Crippen molar-refractivity contribution in [3.8, 4) is 16.9 Å². The summed E-state index contributed by atoms with van der Waals surface area (Å²) in [4.78, 5) is 16.8. The molecule has 0 fully saturated rings. The lowest BCUT2D eigenvalue weighted by molar-refractivity contribution is 0.102. The van der Waals surface area contributed by atoms with Gasteiger partial charge >= 0.3 is 0 Å². The largest absolute Gasteiger partial charge is 0.496 e. The normalized spacial score (nSPS) is 10.7. The molecule has 4 rings (SSSR count). The molecule has 1 heterocycles. The van der Waals surface area contributed by atoms with Gasteiger partial charge in [0.2, 0.25) is 0 Å². The Morgan fingerprint density at radius 1 is 0.931 bits per heavy atom. The van der Waals surface area contributed by atoms with Crippen LogP contribution in [0.3, 0.4) is 0 Å². The molecule has 1 aromatic heterocycles. The molecular formula is C24H21N3O2. The van der Waals surface area contributed by atoms with Gasteiger partial charge in [0.25, 0.3) is 5.91 Å². The van der Waals surface area contributed by atoms with Gasteiger partial charge in [0, 0.05) is 16.7 Å². The van der Waals surface area contributed by atoms with Gasteiger partial charge < -0.3 is 15.8 Å². The molecule has 4 aromatic rings. The zero-order valence-electron chi connectivity index (χ0n) is 16.3. The fraction of sp³-hybridized carbons (Fsp3) is 0.0833. The van der Waals surface area contributed by atoms with Crippen LogP contribution in [0.15, 0.2) is 72.8 Å². The van der Waals surface area contributed by atoms with Crippen molar-refractivity contribution in [2.24, 2.45) is 0 Å². The van der Waals surface area contributed by atoms with E-state index in [1.54, 1.807) is 25.3 Å². The highest BCUT2D eigenvalue weighted by Crippen LogP contribution is 2.36. The Kier molecular flexibility index (Phi) is 4.87. The standard InChI is InChI=1S/C24H21N3O2/c1-15-7-9-16(10-8-15)24(28)27-22-12-11-19(23(25)26-22)20-13-17-5-3-4-6-18(17)14-21(20)29-2/h3-14H,1-2H3,(H3,25,26,27,28). The summed E-state index contributed by atoms with van der Waals surface area (Å²) in [6.45, 7) is 1.98. The van der Waals surface area contributed by atoms with Crippen molar-refractivity contribution in [2.75, 3.05) is 18.2 Å². The molecule has 0 radical (unpaired) electrons. The Morgan fingerprint density at radius 3 is 2.28 bits per heavy atom. The molecule has 0 aliphatic rings. The third-order valence-corrected chi connectivity index (χ3v) is 4.84. The summed E-state index contributed by atoms with van der Waals surface area (Å²) in [5.74, 6) is 1.21. The number of benzene rings is 3. The summed E-state index contributed by atoms with van der Waals surface area (Å²) in [7, 11) is 1.63. The maximum atomic E-state index is 12.4. The predicted octanol–water partition coefficient (Wildman–Crippen LogP) is 5.05. The Labute approximate surface area is 169 Å². The van der Waals surface area contributed by atoms with Crippen LogP contribution in [0.4, 0.5) is 11.6 Å². The molecule has 0 aliphatic carbocycles. The van der Waals surface area contributed by atoms with E-state index in [1.165, 1.54) is 0 Å². The number of hydrogen-bond acceptors (Lipinski definition) is 4. The first-order valence-electron chi connectivity index (χ1n) is 9.27. The summed E-state index contributed by atoms with van der Waals surface area (Å²) in [6.07, 6.45) is 0. The second kappa shape index (κ2) is 7.64. The monoisotopic (exact) mass is 383 g/mol. The number of anilines is 2. The van der Waals surface area contributed by atoms with Gasteiger partial charge in [0.1, 0.15) is 17.4 Å². The number of ether oxygens (including phenoxy) is 1. The van der Waals surface area contributed by atoms with Crippen molar-refractivity contribution < 1.29 is 9.53 Å². The number of pyridine rings is 1. The third-order valence-electron chi connectivity index (χ3n) is 4.84. The SMILES string of the molecule is COc1cc2ccccc2cc1-c1ccc(NC(=O)c2ccc(C)cc2)nc1N. The third kappa shape index (κ3) is 3.75. The van der Waals surface area contributed by atoms with Crippen molar-refractivity contribution >= 4 is 28.3 Å². The molecule has 5 heteroatoms. The van der Waals surface area contributed by atoms with Crippen LogP contribution in [0.5, 0.6) is 5.75 Å². The zero-order valence-corrected chi connectivity index (χ0v) is 16.3. The highest BCUT2D eigenvalue weighted by atomic mass is 16.5. The van der Waals surface area contributed by atoms with Crippen LogP contribution < -0.4 is 15.8 Å². The topological polar surface area (TPSA) is 77.2 Å². The van der Waals surface area contributed by atoms with Crippen LogP contribution >= 0.6 is 0 Å². The van der Waals surface area contributed by atoms with E-state index in [9.17, 15) is 4.79 Å². The summed E-state index contributed by atoms with van der Waals surface area (Å²) < 4.78 is 5.57. The van der Waals surface area contributed by atoms with E-state index in [2.05, 4.69) is 10.3 Å². The van der Waals surface area contributed by atoms with Crippen LogP contribution in [0, 0.1) is 6.92 Å². The number of nitrogens with two attached hydrogens (primary N) is 1. The molecular weight excluding hydrogens is 362 g/mol. The maximum absolute atomic E-state index is 12.4. The number of nitrogens with one attached hydrogen (secondary N) is 1. The first kappa shape index (κ1) is 18.5. The lowest BCUT2D eigenvalue weighted by Gasteiger charge is -2.13. The van der Waals surface area contributed by atoms with Crippen molar-refractivity contribution in [2.45, 2.75) is 6.92 Å². The van der Waals surface area contributed by atoms with Crippen molar-refractivity contribution in [1.29, 1.82) is 0 Å². The fourth-order valence-electron chi connectivity index (χ4n) is 3.26. The molecule has 3 N–H and O–H groups in total. The van der Waals surface area contributed by atoms with E-state index in [1.807, 2.05) is 61.5 Å². The number of amides is 1. The molecule has 0 bridgehead atoms. The van der Waals surface area contributed by atoms with E-state index >= 15 is 0 Å². The Morgan fingerprint density at radius 2 is 1.62 bits per heavy atom. The van der Waals surface area contributed by atoms with Gasteiger partial charge in [0.05, 0.1) is 7.11 Å². The molecule has 0 atom stereocenters. The number of methoxy groups -OCH3 is 1. The molecule has 5 nitrogen and oxygen atoms in total. The minimum atomic E-state index is -0.229. The number of nitrogen functional groups attached to an aromatic ring is 1. The molecule has 1 amide bonds. The van der Waals surface area contributed by atoms with E-state index in [0.717, 1.165) is 27.5 Å². The smallest absolute Gasteiger partial charge is 0.256 e. The molecule has 144 valence electrons. The summed E-state index contributed by atoms with van der Waals surface area (Å²) in [5, 5.41) is 4.96. The second-order valence-electron chi connectivity index (χ2n) is 6.85. The summed E-state index contributed by atoms with van der Waals surface area (Å²) in [5.41, 5.74) is 9.50. The molecule has 0 unspecified atom stereocenters. The molecule has 0 saturated carbocycles. The highest BCUT2D eigenvalue weighted by Gasteiger charge is 2.14. The number of nitrogens with zero attached hydrogens (tertiary/aromatic N) is 1. The number of hydrogen-bond donors (Lipinski definition) is 2. The number of aromatic nitrogens is 1. The van der Waals surface area contributed by atoms with Crippen molar-refractivity contribution in [1.82, 2.24) is 4.98 Å². The Bertz CT molecular complexity index is 1200. The van der Waals surface area contributed by atoms with Crippen molar-refractivity contribution in [3.63, 3.8) is 0 Å². The van der Waals surface area contributed by atoms with Gasteiger partial charge in [-0.05, 0) is 54.1 Å². The fourth-order valence-corrected chi connectivity index (χ4v) is 3.26. The maximum Gasteiger partial charge on any atom is 0.256 e. The number of rotatable bonds is 4. The second-order valence-corrected chi connectivity index (χ2v) is 6.85. The summed E-state index contributed by atoms with van der Waals surface area (Å²) >= 11 is 0. The van der Waals surface area contributed by atoms with Crippen LogP contribution in [0.1, 0.15) is 15.9 Å². The van der Waals surface area contributed by atoms with Crippen LogP contribution in [0.25, 0.3) is 21.9 Å².